The first-order valence-electron chi connectivity index (χ1n) is 3.86. The van der Waals surface area contributed by atoms with E-state index in [1.54, 1.807) is 0 Å². The topological polar surface area (TPSA) is 38.9 Å². The molecule has 1 aromatic rings. The van der Waals surface area contributed by atoms with E-state index in [9.17, 15) is 22.0 Å². The van der Waals surface area contributed by atoms with Crippen LogP contribution in [0.2, 0.25) is 0 Å². The Kier molecular flexibility index (Phi) is 2.83. The van der Waals surface area contributed by atoms with Crippen molar-refractivity contribution in [2.75, 3.05) is 5.73 Å². The highest BCUT2D eigenvalue weighted by Crippen LogP contribution is 2.39. The molecule has 0 amide bonds. The molecule has 0 aliphatic carbocycles. The van der Waals surface area contributed by atoms with Crippen LogP contribution in [-0.4, -0.2) is 4.98 Å². The number of aryl methyl sites for hydroxylation is 1. The Bertz CT molecular complexity index is 372. The summed E-state index contributed by atoms with van der Waals surface area (Å²) in [6.07, 6.45) is -8.15. The number of alkyl halides is 5. The summed E-state index contributed by atoms with van der Waals surface area (Å²) in [5.41, 5.74) is 2.32. The van der Waals surface area contributed by atoms with Gasteiger partial charge in [-0.25, -0.2) is 13.8 Å². The van der Waals surface area contributed by atoms with Crippen molar-refractivity contribution in [1.82, 2.24) is 4.98 Å². The van der Waals surface area contributed by atoms with E-state index in [0.29, 0.717) is 6.07 Å². The van der Waals surface area contributed by atoms with Gasteiger partial charge in [-0.15, -0.1) is 0 Å². The lowest BCUT2D eigenvalue weighted by Crippen LogP contribution is -2.15. The molecule has 0 spiro atoms. The van der Waals surface area contributed by atoms with Crippen molar-refractivity contribution in [2.45, 2.75) is 19.5 Å². The number of halogens is 5. The van der Waals surface area contributed by atoms with Crippen LogP contribution < -0.4 is 5.73 Å². The van der Waals surface area contributed by atoms with Crippen molar-refractivity contribution in [1.29, 1.82) is 0 Å². The van der Waals surface area contributed by atoms with E-state index in [0.717, 1.165) is 0 Å². The molecule has 0 radical (unpaired) electrons. The van der Waals surface area contributed by atoms with Gasteiger partial charge in [0, 0.05) is 11.3 Å². The Balaban J connectivity index is 3.48. The lowest BCUT2D eigenvalue weighted by atomic mass is 10.1. The molecule has 1 heterocycles. The summed E-state index contributed by atoms with van der Waals surface area (Å²) < 4.78 is 61.7. The quantitative estimate of drug-likeness (QED) is 0.747. The Morgan fingerprint density at radius 1 is 1.33 bits per heavy atom. The van der Waals surface area contributed by atoms with Crippen LogP contribution in [0.3, 0.4) is 0 Å². The van der Waals surface area contributed by atoms with Crippen molar-refractivity contribution < 1.29 is 22.0 Å². The van der Waals surface area contributed by atoms with Gasteiger partial charge in [-0.1, -0.05) is 0 Å². The number of nitrogen functional groups attached to an aromatic ring is 1. The van der Waals surface area contributed by atoms with Crippen LogP contribution in [0.5, 0.6) is 0 Å². The maximum atomic E-state index is 12.3. The molecule has 0 aliphatic heterocycles. The Hall–Kier alpha value is -1.40. The van der Waals surface area contributed by atoms with Gasteiger partial charge in [-0.05, 0) is 13.0 Å². The van der Waals surface area contributed by atoms with E-state index >= 15 is 0 Å². The first kappa shape index (κ1) is 11.7. The van der Waals surface area contributed by atoms with E-state index in [4.69, 9.17) is 5.73 Å². The molecule has 84 valence electrons. The second kappa shape index (κ2) is 3.63. The van der Waals surface area contributed by atoms with E-state index in [-0.39, 0.29) is 5.69 Å². The highest BCUT2D eigenvalue weighted by molar-refractivity contribution is 5.48. The second-order valence-electron chi connectivity index (χ2n) is 2.91. The lowest BCUT2D eigenvalue weighted by molar-refractivity contribution is -0.139. The molecule has 0 saturated carbocycles. The van der Waals surface area contributed by atoms with Crippen molar-refractivity contribution in [3.8, 4) is 0 Å². The van der Waals surface area contributed by atoms with Gasteiger partial charge in [0.25, 0.3) is 6.43 Å². The van der Waals surface area contributed by atoms with Crippen LogP contribution >= 0.6 is 0 Å². The summed E-state index contributed by atoms with van der Waals surface area (Å²) in [6.45, 7) is 1.29. The van der Waals surface area contributed by atoms with Crippen molar-refractivity contribution in [2.24, 2.45) is 0 Å². The molecule has 1 rings (SSSR count). The third-order valence-electron chi connectivity index (χ3n) is 1.72. The average Bonchev–Trinajstić information content (AvgIpc) is 1.99. The zero-order valence-corrected chi connectivity index (χ0v) is 7.57. The number of hydrogen-bond acceptors (Lipinski definition) is 2. The standard InChI is InChI=1S/C8H7F5N2/c1-3-2-4(6(9)10)5(7(14)15-3)8(11,12)13/h2,6H,1H3,(H2,14,15). The Labute approximate surface area is 81.9 Å². The number of nitrogens with zero attached hydrogens (tertiary/aromatic N) is 1. The van der Waals surface area contributed by atoms with Crippen LogP contribution in [0.25, 0.3) is 0 Å². The van der Waals surface area contributed by atoms with Gasteiger partial charge in [-0.2, -0.15) is 13.2 Å². The molecule has 0 saturated heterocycles. The predicted octanol–water partition coefficient (Wildman–Crippen LogP) is 2.93. The van der Waals surface area contributed by atoms with Crippen LogP contribution in [0.1, 0.15) is 23.2 Å². The molecular weight excluding hydrogens is 219 g/mol. The molecule has 7 heteroatoms. The third-order valence-corrected chi connectivity index (χ3v) is 1.72. The van der Waals surface area contributed by atoms with E-state index < -0.39 is 29.5 Å². The number of rotatable bonds is 1. The number of pyridine rings is 1. The van der Waals surface area contributed by atoms with Gasteiger partial charge in [0.2, 0.25) is 0 Å². The van der Waals surface area contributed by atoms with E-state index in [1.807, 2.05) is 0 Å². The molecule has 1 aromatic heterocycles. The molecular formula is C8H7F5N2. The first-order valence-corrected chi connectivity index (χ1v) is 3.86. The van der Waals surface area contributed by atoms with Gasteiger partial charge in [-0.3, -0.25) is 0 Å². The van der Waals surface area contributed by atoms with Crippen LogP contribution in [-0.2, 0) is 6.18 Å². The molecule has 0 fully saturated rings. The minimum Gasteiger partial charge on any atom is -0.383 e. The number of nitrogens with two attached hydrogens (primary N) is 1. The van der Waals surface area contributed by atoms with E-state index in [2.05, 4.69) is 4.98 Å². The summed E-state index contributed by atoms with van der Waals surface area (Å²) in [5, 5.41) is 0. The zero-order valence-electron chi connectivity index (χ0n) is 7.57. The van der Waals surface area contributed by atoms with Crippen molar-refractivity contribution >= 4 is 5.82 Å². The molecule has 15 heavy (non-hydrogen) atoms. The fraction of sp³-hybridized carbons (Fsp3) is 0.375. The SMILES string of the molecule is Cc1cc(C(F)F)c(C(F)(F)F)c(N)n1. The van der Waals surface area contributed by atoms with Gasteiger partial charge in [0.15, 0.2) is 0 Å². The summed E-state index contributed by atoms with van der Waals surface area (Å²) in [5.74, 6) is -0.919. The van der Waals surface area contributed by atoms with Crippen LogP contribution in [0.4, 0.5) is 27.8 Å². The lowest BCUT2D eigenvalue weighted by Gasteiger charge is -2.14. The van der Waals surface area contributed by atoms with Crippen molar-refractivity contribution in [3.63, 3.8) is 0 Å². The van der Waals surface area contributed by atoms with Crippen LogP contribution in [0, 0.1) is 6.92 Å². The summed E-state index contributed by atoms with van der Waals surface area (Å²) in [6, 6.07) is 0.684. The molecule has 0 unspecified atom stereocenters. The molecule has 0 aromatic carbocycles. The second-order valence-corrected chi connectivity index (χ2v) is 2.91. The van der Waals surface area contributed by atoms with Gasteiger partial charge in [0.05, 0.1) is 0 Å². The van der Waals surface area contributed by atoms with Gasteiger partial charge >= 0.3 is 6.18 Å². The molecule has 0 bridgehead atoms. The minimum atomic E-state index is -4.92. The Morgan fingerprint density at radius 2 is 1.87 bits per heavy atom. The number of aromatic nitrogens is 1. The maximum Gasteiger partial charge on any atom is 0.420 e. The normalized spacial score (nSPS) is 12.2. The van der Waals surface area contributed by atoms with Crippen LogP contribution in [0.15, 0.2) is 6.07 Å². The molecule has 2 nitrogen and oxygen atoms in total. The third kappa shape index (κ3) is 2.34. The predicted molar refractivity (Wildman–Crippen MR) is 43.3 cm³/mol. The monoisotopic (exact) mass is 226 g/mol. The minimum absolute atomic E-state index is 0.0239. The molecule has 0 atom stereocenters. The van der Waals surface area contributed by atoms with Gasteiger partial charge < -0.3 is 5.73 Å². The molecule has 2 N–H and O–H groups in total. The zero-order chi connectivity index (χ0) is 11.8. The summed E-state index contributed by atoms with van der Waals surface area (Å²) in [7, 11) is 0. The fourth-order valence-corrected chi connectivity index (χ4v) is 1.20. The fourth-order valence-electron chi connectivity index (χ4n) is 1.20. The smallest absolute Gasteiger partial charge is 0.383 e. The van der Waals surface area contributed by atoms with Crippen molar-refractivity contribution in [3.05, 3.63) is 22.9 Å². The largest absolute Gasteiger partial charge is 0.420 e. The van der Waals surface area contributed by atoms with E-state index in [1.165, 1.54) is 6.92 Å². The number of hydrogen-bond donors (Lipinski definition) is 1. The Morgan fingerprint density at radius 3 is 2.27 bits per heavy atom. The van der Waals surface area contributed by atoms with Gasteiger partial charge in [0.1, 0.15) is 11.4 Å². The summed E-state index contributed by atoms with van der Waals surface area (Å²) in [4.78, 5) is 3.31. The first-order chi connectivity index (χ1) is 6.73. The molecule has 0 aliphatic rings. The highest BCUT2D eigenvalue weighted by atomic mass is 19.4. The maximum absolute atomic E-state index is 12.3. The number of anilines is 1. The average molecular weight is 226 g/mol. The highest BCUT2D eigenvalue weighted by Gasteiger charge is 2.38. The summed E-state index contributed by atoms with van der Waals surface area (Å²) >= 11 is 0.